The molecule has 4 aromatic rings. The number of halogens is 1. The number of nitrogens with one attached hydrogen (secondary N) is 1. The molecule has 0 spiro atoms. The third-order valence-electron chi connectivity index (χ3n) is 7.32. The second-order valence-corrected chi connectivity index (χ2v) is 10.4. The molecule has 0 radical (unpaired) electrons. The van der Waals surface area contributed by atoms with E-state index in [-0.39, 0.29) is 18.0 Å². The van der Waals surface area contributed by atoms with E-state index in [0.29, 0.717) is 36.3 Å². The highest BCUT2D eigenvalue weighted by Gasteiger charge is 2.30. The minimum atomic E-state index is 0.0397. The molecule has 7 nitrogen and oxygen atoms in total. The highest BCUT2D eigenvalue weighted by molar-refractivity contribution is 6.30. The number of anilines is 1. The number of aromatic nitrogens is 2. The maximum Gasteiger partial charge on any atom is 0.254 e. The van der Waals surface area contributed by atoms with Crippen LogP contribution in [0.25, 0.3) is 22.0 Å². The lowest BCUT2D eigenvalue weighted by Gasteiger charge is -2.38. The Balaban J connectivity index is 1.18. The van der Waals surface area contributed by atoms with E-state index in [0.717, 1.165) is 52.1 Å². The predicted molar refractivity (Wildman–Crippen MR) is 149 cm³/mol. The van der Waals surface area contributed by atoms with Crippen molar-refractivity contribution in [1.29, 1.82) is 0 Å². The fraction of sp³-hybridized carbons (Fsp3) is 0.300. The summed E-state index contributed by atoms with van der Waals surface area (Å²) in [5.74, 6) is 2.21. The van der Waals surface area contributed by atoms with E-state index in [2.05, 4.69) is 24.4 Å². The zero-order chi connectivity index (χ0) is 26.2. The average molecular weight is 529 g/mol. The molecule has 38 heavy (non-hydrogen) atoms. The van der Waals surface area contributed by atoms with Crippen LogP contribution in [0.3, 0.4) is 0 Å². The van der Waals surface area contributed by atoms with Crippen molar-refractivity contribution >= 4 is 34.4 Å². The molecule has 0 unspecified atom stereocenters. The van der Waals surface area contributed by atoms with Crippen LogP contribution in [0.4, 0.5) is 5.95 Å². The van der Waals surface area contributed by atoms with E-state index in [1.165, 1.54) is 0 Å². The van der Waals surface area contributed by atoms with Gasteiger partial charge in [-0.2, -0.15) is 0 Å². The van der Waals surface area contributed by atoms with Gasteiger partial charge in [0.1, 0.15) is 13.2 Å². The number of amides is 1. The second kappa shape index (κ2) is 10.1. The Labute approximate surface area is 226 Å². The van der Waals surface area contributed by atoms with Crippen molar-refractivity contribution in [2.75, 3.05) is 25.1 Å². The molecule has 1 amide bonds. The number of para-hydroxylation sites is 1. The van der Waals surface area contributed by atoms with Crippen molar-refractivity contribution in [3.63, 3.8) is 0 Å². The first kappa shape index (κ1) is 24.5. The summed E-state index contributed by atoms with van der Waals surface area (Å²) in [6, 6.07) is 19.5. The molecule has 1 saturated heterocycles. The van der Waals surface area contributed by atoms with Crippen LogP contribution in [0.5, 0.6) is 11.5 Å². The Morgan fingerprint density at radius 3 is 2.68 bits per heavy atom. The summed E-state index contributed by atoms with van der Waals surface area (Å²) in [7, 11) is 0. The third kappa shape index (κ3) is 4.74. The number of carbonyl (C=O) groups excluding carboxylic acids is 1. The maximum absolute atomic E-state index is 13.0. The molecule has 3 heterocycles. The highest BCUT2D eigenvalue weighted by Crippen LogP contribution is 2.40. The molecule has 0 bridgehead atoms. The summed E-state index contributed by atoms with van der Waals surface area (Å²) in [6.07, 6.45) is 1.64. The average Bonchev–Trinajstić information content (AvgIpc) is 2.93. The lowest BCUT2D eigenvalue weighted by molar-refractivity contribution is 0.0625. The van der Waals surface area contributed by atoms with Gasteiger partial charge in [0.2, 0.25) is 5.95 Å². The van der Waals surface area contributed by atoms with Crippen LogP contribution in [0.15, 0.2) is 60.7 Å². The SMILES string of the molecule is Cc1nc(N[C@@H]2CCN(C(=O)c3ccc(Cl)cc3)[C@H](C)C2)nc2ccc(-c3cccc4c3OCCO4)cc12. The van der Waals surface area contributed by atoms with Crippen LogP contribution in [0, 0.1) is 6.92 Å². The number of carbonyl (C=O) groups is 1. The van der Waals surface area contributed by atoms with Crippen LogP contribution in [-0.2, 0) is 0 Å². The van der Waals surface area contributed by atoms with Crippen molar-refractivity contribution in [2.24, 2.45) is 0 Å². The number of ether oxygens (including phenoxy) is 2. The number of rotatable bonds is 4. The Morgan fingerprint density at radius 2 is 1.87 bits per heavy atom. The highest BCUT2D eigenvalue weighted by atomic mass is 35.5. The topological polar surface area (TPSA) is 76.6 Å². The molecular weight excluding hydrogens is 500 g/mol. The van der Waals surface area contributed by atoms with E-state index in [1.54, 1.807) is 24.3 Å². The molecule has 2 aliphatic rings. The Kier molecular flexibility index (Phi) is 6.54. The van der Waals surface area contributed by atoms with Crippen molar-refractivity contribution < 1.29 is 14.3 Å². The van der Waals surface area contributed by atoms with Crippen molar-refractivity contribution in [1.82, 2.24) is 14.9 Å². The van der Waals surface area contributed by atoms with Gasteiger partial charge in [-0.3, -0.25) is 4.79 Å². The van der Waals surface area contributed by atoms with Crippen molar-refractivity contribution in [2.45, 2.75) is 38.8 Å². The molecule has 6 rings (SSSR count). The van der Waals surface area contributed by atoms with Gasteiger partial charge in [0.25, 0.3) is 5.91 Å². The van der Waals surface area contributed by atoms with Crippen LogP contribution >= 0.6 is 11.6 Å². The minimum absolute atomic E-state index is 0.0397. The Hall–Kier alpha value is -3.84. The van der Waals surface area contributed by atoms with Crippen molar-refractivity contribution in [3.8, 4) is 22.6 Å². The number of fused-ring (bicyclic) bond motifs is 2. The standard InChI is InChI=1S/C30H29ClN4O3/c1-18-16-23(12-13-35(18)29(36)20-6-9-22(31)10-7-20)33-30-32-19(2)25-17-21(8-11-26(25)34-30)24-4-3-5-27-28(24)38-15-14-37-27/h3-11,17-18,23H,12-16H2,1-2H3,(H,32,33,34)/t18-,23-/m1/s1. The lowest BCUT2D eigenvalue weighted by atomic mass is 9.97. The number of hydrogen-bond acceptors (Lipinski definition) is 6. The van der Waals surface area contributed by atoms with Gasteiger partial charge < -0.3 is 19.7 Å². The molecule has 0 aliphatic carbocycles. The summed E-state index contributed by atoms with van der Waals surface area (Å²) >= 11 is 5.98. The summed E-state index contributed by atoms with van der Waals surface area (Å²) in [5, 5.41) is 5.15. The van der Waals surface area contributed by atoms with Crippen molar-refractivity contribution in [3.05, 3.63) is 76.9 Å². The quantitative estimate of drug-likeness (QED) is 0.343. The second-order valence-electron chi connectivity index (χ2n) is 9.91. The van der Waals surface area contributed by atoms with Crippen LogP contribution in [-0.4, -0.2) is 52.6 Å². The van der Waals surface area contributed by atoms with Gasteiger partial charge in [0.15, 0.2) is 11.5 Å². The third-order valence-corrected chi connectivity index (χ3v) is 7.58. The van der Waals surface area contributed by atoms with E-state index >= 15 is 0 Å². The number of nitrogens with zero attached hydrogens (tertiary/aromatic N) is 3. The monoisotopic (exact) mass is 528 g/mol. The summed E-state index contributed by atoms with van der Waals surface area (Å²) < 4.78 is 11.7. The van der Waals surface area contributed by atoms with Gasteiger partial charge in [-0.1, -0.05) is 29.8 Å². The van der Waals surface area contributed by atoms with E-state index in [9.17, 15) is 4.79 Å². The summed E-state index contributed by atoms with van der Waals surface area (Å²) in [5.41, 5.74) is 4.49. The molecule has 3 aromatic carbocycles. The number of aryl methyl sites for hydroxylation is 1. The molecule has 194 valence electrons. The van der Waals surface area contributed by atoms with Crippen LogP contribution in [0.2, 0.25) is 5.02 Å². The number of piperidine rings is 1. The molecule has 0 saturated carbocycles. The van der Waals surface area contributed by atoms with Crippen LogP contribution < -0.4 is 14.8 Å². The first-order valence-corrected chi connectivity index (χ1v) is 13.3. The van der Waals surface area contributed by atoms with Gasteiger partial charge in [-0.15, -0.1) is 0 Å². The molecule has 1 fully saturated rings. The number of hydrogen-bond donors (Lipinski definition) is 1. The van der Waals surface area contributed by atoms with Gasteiger partial charge in [0, 0.05) is 40.2 Å². The number of likely N-dealkylation sites (tertiary alicyclic amines) is 1. The summed E-state index contributed by atoms with van der Waals surface area (Å²) in [6.45, 7) is 5.88. The van der Waals surface area contributed by atoms with Crippen LogP contribution in [0.1, 0.15) is 35.8 Å². The Morgan fingerprint density at radius 1 is 1.05 bits per heavy atom. The molecule has 1 N–H and O–H groups in total. The fourth-order valence-electron chi connectivity index (χ4n) is 5.36. The first-order chi connectivity index (χ1) is 18.5. The van der Waals surface area contributed by atoms with E-state index in [4.69, 9.17) is 31.0 Å². The molecular formula is C30H29ClN4O3. The zero-order valence-corrected chi connectivity index (χ0v) is 22.2. The zero-order valence-electron chi connectivity index (χ0n) is 21.4. The first-order valence-electron chi connectivity index (χ1n) is 13.0. The molecule has 1 aromatic heterocycles. The molecule has 2 atom stereocenters. The lowest BCUT2D eigenvalue weighted by Crippen LogP contribution is -2.48. The maximum atomic E-state index is 13.0. The largest absolute Gasteiger partial charge is 0.486 e. The van der Waals surface area contributed by atoms with Gasteiger partial charge in [0.05, 0.1) is 11.2 Å². The van der Waals surface area contributed by atoms with Gasteiger partial charge >= 0.3 is 0 Å². The fourth-order valence-corrected chi connectivity index (χ4v) is 5.49. The Bertz CT molecular complexity index is 1510. The number of benzene rings is 3. The minimum Gasteiger partial charge on any atom is -0.486 e. The predicted octanol–water partition coefficient (Wildman–Crippen LogP) is 6.14. The van der Waals surface area contributed by atoms with E-state index < -0.39 is 0 Å². The summed E-state index contributed by atoms with van der Waals surface area (Å²) in [4.78, 5) is 24.5. The van der Waals surface area contributed by atoms with Gasteiger partial charge in [-0.05, 0) is 74.7 Å². The smallest absolute Gasteiger partial charge is 0.254 e. The normalized spacial score (nSPS) is 18.9. The van der Waals surface area contributed by atoms with Gasteiger partial charge in [-0.25, -0.2) is 9.97 Å². The molecule has 2 aliphatic heterocycles. The van der Waals surface area contributed by atoms with E-state index in [1.807, 2.05) is 36.1 Å². The molecule has 8 heteroatoms.